The number of nitrogens with zero attached hydrogens (tertiary/aromatic N) is 1. The molecule has 9 nitrogen and oxygen atoms in total. The molecule has 0 saturated carbocycles. The lowest BCUT2D eigenvalue weighted by molar-refractivity contribution is -0.143. The summed E-state index contributed by atoms with van der Waals surface area (Å²) >= 11 is 0. The first-order valence-corrected chi connectivity index (χ1v) is 9.84. The number of nitrogens with one attached hydrogen (secondary N) is 2. The summed E-state index contributed by atoms with van der Waals surface area (Å²) in [4.78, 5) is 35.5. The summed E-state index contributed by atoms with van der Waals surface area (Å²) in [6.45, 7) is 1.88. The molecule has 1 amide bonds. The minimum atomic E-state index is -0.866. The molecule has 0 bridgehead atoms. The second kappa shape index (κ2) is 10.4. The van der Waals surface area contributed by atoms with Crippen molar-refractivity contribution in [3.05, 3.63) is 70.3 Å². The van der Waals surface area contributed by atoms with Crippen molar-refractivity contribution in [2.75, 3.05) is 13.7 Å². The standard InChI is InChI=1S/C22H22FN3O6/c1-3-31-19(27)12-16(24-20(28)21-25-26-22(29)32-21)9-13-7-8-17(18(10-13)30-2)14-5-4-6-15(23)11-14/h4-8,10-11,16H,3,9,12H2,1-2H3,(H,24,28)(H,26,29)/t16-/m1/s1. The van der Waals surface area contributed by atoms with E-state index in [1.165, 1.54) is 19.2 Å². The van der Waals surface area contributed by atoms with Crippen LogP contribution in [0.1, 0.15) is 29.6 Å². The van der Waals surface area contributed by atoms with Crippen molar-refractivity contribution in [2.24, 2.45) is 0 Å². The Bertz CT molecular complexity index is 1160. The second-order valence-corrected chi connectivity index (χ2v) is 6.85. The third-order valence-electron chi connectivity index (χ3n) is 4.57. The Kier molecular flexibility index (Phi) is 7.37. The maximum absolute atomic E-state index is 13.6. The zero-order chi connectivity index (χ0) is 23.1. The fourth-order valence-corrected chi connectivity index (χ4v) is 3.21. The average molecular weight is 443 g/mol. The predicted molar refractivity (Wildman–Crippen MR) is 112 cm³/mol. The number of carbonyl (C=O) groups is 2. The van der Waals surface area contributed by atoms with Crippen LogP contribution in [0.25, 0.3) is 11.1 Å². The van der Waals surface area contributed by atoms with Crippen molar-refractivity contribution in [1.82, 2.24) is 15.5 Å². The number of hydrogen-bond acceptors (Lipinski definition) is 7. The number of benzene rings is 2. The lowest BCUT2D eigenvalue weighted by atomic mass is 9.98. The fourth-order valence-electron chi connectivity index (χ4n) is 3.21. The molecule has 1 atom stereocenters. The number of halogens is 1. The first-order chi connectivity index (χ1) is 15.4. The molecule has 3 rings (SSSR count). The van der Waals surface area contributed by atoms with Crippen LogP contribution < -0.4 is 15.8 Å². The highest BCUT2D eigenvalue weighted by molar-refractivity contribution is 5.90. The summed E-state index contributed by atoms with van der Waals surface area (Å²) in [6.07, 6.45) is 0.140. The molecule has 0 aliphatic heterocycles. The fraction of sp³-hybridized carbons (Fsp3) is 0.273. The summed E-state index contributed by atoms with van der Waals surface area (Å²) in [5, 5.41) is 8.12. The summed E-state index contributed by atoms with van der Waals surface area (Å²) in [6, 6.07) is 10.8. The van der Waals surface area contributed by atoms with E-state index in [0.717, 1.165) is 5.56 Å². The molecular formula is C22H22FN3O6. The lowest BCUT2D eigenvalue weighted by Crippen LogP contribution is -2.38. The smallest absolute Gasteiger partial charge is 0.434 e. The molecule has 0 radical (unpaired) electrons. The van der Waals surface area contributed by atoms with Gasteiger partial charge in [0.25, 0.3) is 0 Å². The topological polar surface area (TPSA) is 124 Å². The van der Waals surface area contributed by atoms with E-state index in [4.69, 9.17) is 9.47 Å². The van der Waals surface area contributed by atoms with E-state index in [0.29, 0.717) is 16.9 Å². The van der Waals surface area contributed by atoms with E-state index in [1.54, 1.807) is 37.3 Å². The SMILES string of the molecule is CCOC(=O)C[C@@H](Cc1ccc(-c2cccc(F)c2)c(OC)c1)NC(=O)c1n[nH]c(=O)o1. The van der Waals surface area contributed by atoms with E-state index >= 15 is 0 Å². The number of esters is 1. The number of methoxy groups -OCH3 is 1. The van der Waals surface area contributed by atoms with Crippen LogP contribution in [0, 0.1) is 5.82 Å². The van der Waals surface area contributed by atoms with Crippen LogP contribution in [0.4, 0.5) is 4.39 Å². The highest BCUT2D eigenvalue weighted by atomic mass is 19.1. The molecule has 0 saturated heterocycles. The van der Waals surface area contributed by atoms with Crippen molar-refractivity contribution in [2.45, 2.75) is 25.8 Å². The van der Waals surface area contributed by atoms with E-state index < -0.39 is 29.6 Å². The van der Waals surface area contributed by atoms with Gasteiger partial charge in [0.1, 0.15) is 11.6 Å². The molecule has 0 fully saturated rings. The van der Waals surface area contributed by atoms with E-state index in [2.05, 4.69) is 14.8 Å². The maximum Gasteiger partial charge on any atom is 0.434 e. The molecule has 0 spiro atoms. The van der Waals surface area contributed by atoms with Gasteiger partial charge in [0.05, 0.1) is 20.1 Å². The lowest BCUT2D eigenvalue weighted by Gasteiger charge is -2.18. The average Bonchev–Trinajstić information content (AvgIpc) is 3.20. The van der Waals surface area contributed by atoms with Gasteiger partial charge in [-0.2, -0.15) is 0 Å². The summed E-state index contributed by atoms with van der Waals surface area (Å²) in [7, 11) is 1.50. The molecule has 1 heterocycles. The highest BCUT2D eigenvalue weighted by Crippen LogP contribution is 2.31. The number of amides is 1. The van der Waals surface area contributed by atoms with Gasteiger partial charge in [-0.15, -0.1) is 5.10 Å². The Hall–Kier alpha value is -3.95. The van der Waals surface area contributed by atoms with Crippen LogP contribution in [-0.2, 0) is 16.0 Å². The molecule has 1 aromatic heterocycles. The number of H-pyrrole nitrogens is 1. The Balaban J connectivity index is 1.83. The molecule has 3 aromatic rings. The van der Waals surface area contributed by atoms with E-state index in [1.807, 2.05) is 5.10 Å². The molecular weight excluding hydrogens is 421 g/mol. The molecule has 0 unspecified atom stereocenters. The van der Waals surface area contributed by atoms with Crippen molar-refractivity contribution < 1.29 is 27.9 Å². The third-order valence-corrected chi connectivity index (χ3v) is 4.57. The van der Waals surface area contributed by atoms with Crippen molar-refractivity contribution >= 4 is 11.9 Å². The molecule has 0 aliphatic carbocycles. The van der Waals surface area contributed by atoms with Crippen LogP contribution in [0.5, 0.6) is 5.75 Å². The molecule has 10 heteroatoms. The highest BCUT2D eigenvalue weighted by Gasteiger charge is 2.22. The number of ether oxygens (including phenoxy) is 2. The quantitative estimate of drug-likeness (QED) is 0.487. The van der Waals surface area contributed by atoms with Gasteiger partial charge in [0, 0.05) is 11.6 Å². The summed E-state index contributed by atoms with van der Waals surface area (Å²) in [5.41, 5.74) is 2.10. The first-order valence-electron chi connectivity index (χ1n) is 9.84. The van der Waals surface area contributed by atoms with Crippen LogP contribution in [0.2, 0.25) is 0 Å². The Morgan fingerprint density at radius 2 is 2.06 bits per heavy atom. The number of carbonyl (C=O) groups excluding carboxylic acids is 2. The van der Waals surface area contributed by atoms with Crippen molar-refractivity contribution in [3.8, 4) is 16.9 Å². The van der Waals surface area contributed by atoms with Crippen LogP contribution in [-0.4, -0.2) is 41.8 Å². The van der Waals surface area contributed by atoms with Gasteiger partial charge in [-0.05, 0) is 42.7 Å². The first kappa shape index (κ1) is 22.7. The van der Waals surface area contributed by atoms with Crippen LogP contribution in [0.15, 0.2) is 51.7 Å². The zero-order valence-electron chi connectivity index (χ0n) is 17.5. The number of aromatic amines is 1. The van der Waals surface area contributed by atoms with Gasteiger partial charge in [0.2, 0.25) is 0 Å². The molecule has 32 heavy (non-hydrogen) atoms. The normalized spacial score (nSPS) is 11.6. The number of aromatic nitrogens is 2. The largest absolute Gasteiger partial charge is 0.496 e. The van der Waals surface area contributed by atoms with Crippen LogP contribution >= 0.6 is 0 Å². The minimum Gasteiger partial charge on any atom is -0.496 e. The minimum absolute atomic E-state index is 0.109. The van der Waals surface area contributed by atoms with E-state index in [-0.39, 0.29) is 25.3 Å². The molecule has 168 valence electrons. The van der Waals surface area contributed by atoms with Crippen LogP contribution in [0.3, 0.4) is 0 Å². The Morgan fingerprint density at radius 1 is 1.25 bits per heavy atom. The molecule has 0 aliphatic rings. The summed E-state index contributed by atoms with van der Waals surface area (Å²) < 4.78 is 28.7. The Labute approximate surface area is 182 Å². The number of hydrogen-bond donors (Lipinski definition) is 2. The van der Waals surface area contributed by atoms with Crippen molar-refractivity contribution in [3.63, 3.8) is 0 Å². The van der Waals surface area contributed by atoms with Gasteiger partial charge in [-0.3, -0.25) is 9.59 Å². The number of rotatable bonds is 9. The zero-order valence-corrected chi connectivity index (χ0v) is 17.5. The second-order valence-electron chi connectivity index (χ2n) is 6.85. The monoisotopic (exact) mass is 443 g/mol. The van der Waals surface area contributed by atoms with Gasteiger partial charge in [-0.1, -0.05) is 24.3 Å². The third kappa shape index (κ3) is 5.81. The van der Waals surface area contributed by atoms with Crippen molar-refractivity contribution in [1.29, 1.82) is 0 Å². The van der Waals surface area contributed by atoms with E-state index in [9.17, 15) is 18.8 Å². The van der Waals surface area contributed by atoms with Gasteiger partial charge >= 0.3 is 23.5 Å². The maximum atomic E-state index is 13.6. The molecule has 2 N–H and O–H groups in total. The molecule has 2 aromatic carbocycles. The Morgan fingerprint density at radius 3 is 2.72 bits per heavy atom. The van der Waals surface area contributed by atoms with Gasteiger partial charge in [-0.25, -0.2) is 14.3 Å². The van der Waals surface area contributed by atoms with Gasteiger partial charge < -0.3 is 19.2 Å². The van der Waals surface area contributed by atoms with Gasteiger partial charge in [0.15, 0.2) is 0 Å². The predicted octanol–water partition coefficient (Wildman–Crippen LogP) is 2.47. The summed E-state index contributed by atoms with van der Waals surface area (Å²) in [5.74, 6) is -2.41.